The lowest BCUT2D eigenvalue weighted by Gasteiger charge is -2.10. The second-order valence-corrected chi connectivity index (χ2v) is 4.58. The molecule has 0 aliphatic carbocycles. The van der Waals surface area contributed by atoms with Gasteiger partial charge >= 0.3 is 0 Å². The molecule has 19 heavy (non-hydrogen) atoms. The van der Waals surface area contributed by atoms with Gasteiger partial charge in [0.15, 0.2) is 5.78 Å². The maximum atomic E-state index is 12.2. The topological polar surface area (TPSA) is 54.6 Å². The number of hydrogen-bond acceptors (Lipinski definition) is 4. The zero-order valence-electron chi connectivity index (χ0n) is 11.6. The fourth-order valence-electron chi connectivity index (χ4n) is 2.12. The van der Waals surface area contributed by atoms with Gasteiger partial charge in [-0.25, -0.2) is 0 Å². The Bertz CT molecular complexity index is 602. The Labute approximate surface area is 112 Å². The summed E-state index contributed by atoms with van der Waals surface area (Å²) in [5.74, 6) is 1.40. The Morgan fingerprint density at radius 3 is 2.42 bits per heavy atom. The lowest BCUT2D eigenvalue weighted by molar-refractivity contribution is 0.0959. The van der Waals surface area contributed by atoms with Crippen LogP contribution >= 0.6 is 0 Å². The first kappa shape index (κ1) is 13.4. The quantitative estimate of drug-likeness (QED) is 0.837. The molecule has 0 aliphatic heterocycles. The monoisotopic (exact) mass is 262 g/mol. The molecule has 0 bridgehead atoms. The van der Waals surface area contributed by atoms with E-state index in [-0.39, 0.29) is 5.78 Å². The lowest BCUT2D eigenvalue weighted by Crippen LogP contribution is -2.21. The number of methoxy groups -OCH3 is 2. The number of H-pyrrole nitrogens is 1. The van der Waals surface area contributed by atoms with Gasteiger partial charge in [-0.3, -0.25) is 4.79 Å². The number of likely N-dealkylation sites (N-methyl/N-ethyl adjacent to an activating group) is 1. The van der Waals surface area contributed by atoms with Crippen molar-refractivity contribution >= 4 is 16.7 Å². The van der Waals surface area contributed by atoms with Crippen LogP contribution < -0.4 is 9.47 Å². The molecule has 1 heterocycles. The number of ether oxygens (including phenoxy) is 2. The van der Waals surface area contributed by atoms with E-state index in [1.54, 1.807) is 26.5 Å². The number of rotatable bonds is 5. The third-order valence-electron chi connectivity index (χ3n) is 2.96. The largest absolute Gasteiger partial charge is 0.496 e. The van der Waals surface area contributed by atoms with Crippen LogP contribution in [0, 0.1) is 0 Å². The molecule has 5 nitrogen and oxygen atoms in total. The summed E-state index contributed by atoms with van der Waals surface area (Å²) in [6, 6.07) is 3.62. The predicted molar refractivity (Wildman–Crippen MR) is 74.3 cm³/mol. The second-order valence-electron chi connectivity index (χ2n) is 4.58. The van der Waals surface area contributed by atoms with Crippen molar-refractivity contribution in [2.45, 2.75) is 0 Å². The minimum atomic E-state index is 0.0443. The summed E-state index contributed by atoms with van der Waals surface area (Å²) in [5, 5.41) is 0.772. The molecule has 0 saturated heterocycles. The molecule has 2 rings (SSSR count). The average Bonchev–Trinajstić information content (AvgIpc) is 2.81. The highest BCUT2D eigenvalue weighted by atomic mass is 16.5. The molecule has 0 spiro atoms. The van der Waals surface area contributed by atoms with Crippen LogP contribution in [0.15, 0.2) is 18.3 Å². The molecule has 0 fully saturated rings. The van der Waals surface area contributed by atoms with E-state index in [4.69, 9.17) is 9.47 Å². The van der Waals surface area contributed by atoms with Gasteiger partial charge in [-0.05, 0) is 26.2 Å². The minimum Gasteiger partial charge on any atom is -0.496 e. The molecule has 102 valence electrons. The van der Waals surface area contributed by atoms with Crippen molar-refractivity contribution in [3.05, 3.63) is 23.9 Å². The number of aromatic nitrogens is 1. The Morgan fingerprint density at radius 1 is 1.21 bits per heavy atom. The number of fused-ring (bicyclic) bond motifs is 1. The normalized spacial score (nSPS) is 11.0. The Morgan fingerprint density at radius 2 is 1.84 bits per heavy atom. The van der Waals surface area contributed by atoms with Crippen molar-refractivity contribution in [1.82, 2.24) is 9.88 Å². The van der Waals surface area contributed by atoms with E-state index in [9.17, 15) is 4.79 Å². The van der Waals surface area contributed by atoms with Gasteiger partial charge in [0.25, 0.3) is 0 Å². The van der Waals surface area contributed by atoms with E-state index in [1.807, 2.05) is 25.1 Å². The van der Waals surface area contributed by atoms with E-state index in [0.717, 1.165) is 10.9 Å². The number of hydrogen-bond donors (Lipinski definition) is 1. The van der Waals surface area contributed by atoms with Gasteiger partial charge < -0.3 is 19.4 Å². The van der Waals surface area contributed by atoms with Crippen molar-refractivity contribution in [1.29, 1.82) is 0 Å². The molecule has 0 saturated carbocycles. The van der Waals surface area contributed by atoms with Crippen LogP contribution in [0.2, 0.25) is 0 Å². The van der Waals surface area contributed by atoms with Gasteiger partial charge in [-0.15, -0.1) is 0 Å². The van der Waals surface area contributed by atoms with Crippen LogP contribution in [-0.4, -0.2) is 50.5 Å². The van der Waals surface area contributed by atoms with Crippen molar-refractivity contribution < 1.29 is 14.3 Å². The molecule has 0 aliphatic rings. The predicted octanol–water partition coefficient (Wildman–Crippen LogP) is 1.93. The van der Waals surface area contributed by atoms with Crippen LogP contribution in [0.1, 0.15) is 10.4 Å². The highest BCUT2D eigenvalue weighted by Gasteiger charge is 2.18. The summed E-state index contributed by atoms with van der Waals surface area (Å²) in [7, 11) is 6.92. The molecule has 0 atom stereocenters. The zero-order valence-corrected chi connectivity index (χ0v) is 11.6. The lowest BCUT2D eigenvalue weighted by atomic mass is 10.1. The highest BCUT2D eigenvalue weighted by Crippen LogP contribution is 2.35. The number of benzene rings is 1. The Balaban J connectivity index is 2.60. The summed E-state index contributed by atoms with van der Waals surface area (Å²) in [5.41, 5.74) is 1.41. The smallest absolute Gasteiger partial charge is 0.179 e. The number of nitrogens with zero attached hydrogens (tertiary/aromatic N) is 1. The molecule has 1 N–H and O–H groups in total. The summed E-state index contributed by atoms with van der Waals surface area (Å²) >= 11 is 0. The summed E-state index contributed by atoms with van der Waals surface area (Å²) in [6.07, 6.45) is 1.71. The van der Waals surface area contributed by atoms with Crippen molar-refractivity contribution in [3.8, 4) is 11.5 Å². The molecule has 1 aromatic carbocycles. The molecule has 5 heteroatoms. The zero-order chi connectivity index (χ0) is 14.0. The van der Waals surface area contributed by atoms with Gasteiger partial charge in [0, 0.05) is 11.8 Å². The van der Waals surface area contributed by atoms with E-state index in [2.05, 4.69) is 4.98 Å². The second kappa shape index (κ2) is 5.32. The number of aromatic amines is 1. The van der Waals surface area contributed by atoms with Gasteiger partial charge in [0.1, 0.15) is 11.5 Å². The van der Waals surface area contributed by atoms with Crippen LogP contribution in [0.4, 0.5) is 0 Å². The summed E-state index contributed by atoms with van der Waals surface area (Å²) in [4.78, 5) is 17.2. The van der Waals surface area contributed by atoms with Crippen LogP contribution in [0.3, 0.4) is 0 Å². The number of Topliss-reactive ketones (excluding diaryl/α,β-unsaturated/α-hetero) is 1. The van der Waals surface area contributed by atoms with E-state index < -0.39 is 0 Å². The van der Waals surface area contributed by atoms with E-state index in [1.165, 1.54) is 0 Å². The third kappa shape index (κ3) is 2.42. The van der Waals surface area contributed by atoms with Crippen molar-refractivity contribution in [3.63, 3.8) is 0 Å². The molecule has 0 unspecified atom stereocenters. The standard InChI is InChI=1S/C14H18N2O3/c1-16(2)8-10(17)9-7-15-14-12(19-4)6-5-11(18-3)13(9)14/h5-7,15H,8H2,1-4H3. The fraction of sp³-hybridized carbons (Fsp3) is 0.357. The first-order valence-corrected chi connectivity index (χ1v) is 5.98. The molecular weight excluding hydrogens is 244 g/mol. The number of carbonyl (C=O) groups is 1. The van der Waals surface area contributed by atoms with Crippen molar-refractivity contribution in [2.75, 3.05) is 34.9 Å². The maximum Gasteiger partial charge on any atom is 0.179 e. The minimum absolute atomic E-state index is 0.0443. The Hall–Kier alpha value is -2.01. The van der Waals surface area contributed by atoms with Crippen molar-refractivity contribution in [2.24, 2.45) is 0 Å². The maximum absolute atomic E-state index is 12.2. The van der Waals surface area contributed by atoms with E-state index >= 15 is 0 Å². The molecule has 0 radical (unpaired) electrons. The molecule has 1 aromatic heterocycles. The first-order chi connectivity index (χ1) is 9.08. The molecule has 2 aromatic rings. The van der Waals surface area contributed by atoms with E-state index in [0.29, 0.717) is 23.6 Å². The SMILES string of the molecule is COc1ccc(OC)c2c(C(=O)CN(C)C)c[nH]c12. The average molecular weight is 262 g/mol. The summed E-state index contributed by atoms with van der Waals surface area (Å²) < 4.78 is 10.6. The van der Waals surface area contributed by atoms with Gasteiger partial charge in [0.05, 0.1) is 31.7 Å². The van der Waals surface area contributed by atoms with Crippen LogP contribution in [0.5, 0.6) is 11.5 Å². The van der Waals surface area contributed by atoms with Gasteiger partial charge in [-0.2, -0.15) is 0 Å². The number of nitrogens with one attached hydrogen (secondary N) is 1. The number of ketones is 1. The first-order valence-electron chi connectivity index (χ1n) is 5.98. The van der Waals surface area contributed by atoms with Gasteiger partial charge in [0.2, 0.25) is 0 Å². The number of carbonyl (C=O) groups excluding carboxylic acids is 1. The molecular formula is C14H18N2O3. The fourth-order valence-corrected chi connectivity index (χ4v) is 2.12. The Kier molecular flexibility index (Phi) is 3.76. The molecule has 0 amide bonds. The van der Waals surface area contributed by atoms with Crippen LogP contribution in [0.25, 0.3) is 10.9 Å². The third-order valence-corrected chi connectivity index (χ3v) is 2.96. The highest BCUT2D eigenvalue weighted by molar-refractivity contribution is 6.12. The van der Waals surface area contributed by atoms with Gasteiger partial charge in [-0.1, -0.05) is 0 Å². The summed E-state index contributed by atoms with van der Waals surface area (Å²) in [6.45, 7) is 0.354. The van der Waals surface area contributed by atoms with Crippen LogP contribution in [-0.2, 0) is 0 Å².